The van der Waals surface area contributed by atoms with Crippen LogP contribution in [0, 0.1) is 0 Å². The number of hydrogen-bond acceptors (Lipinski definition) is 3. The van der Waals surface area contributed by atoms with E-state index in [4.69, 9.17) is 4.74 Å². The fraction of sp³-hybridized carbons (Fsp3) is 0.500. The maximum Gasteiger partial charge on any atom is 0.250 e. The summed E-state index contributed by atoms with van der Waals surface area (Å²) < 4.78 is 28.7. The van der Waals surface area contributed by atoms with Crippen molar-refractivity contribution in [1.82, 2.24) is 10.3 Å². The third-order valence-corrected chi connectivity index (χ3v) is 1.68. The molecule has 0 aliphatic carbocycles. The molecule has 5 heteroatoms. The van der Waals surface area contributed by atoms with Crippen LogP contribution in [0.15, 0.2) is 24.4 Å². The molecule has 0 saturated carbocycles. The van der Waals surface area contributed by atoms with E-state index < -0.39 is 6.43 Å². The van der Waals surface area contributed by atoms with Crippen molar-refractivity contribution in [2.75, 3.05) is 19.7 Å². The number of aromatic nitrogens is 1. The lowest BCUT2D eigenvalue weighted by Gasteiger charge is -2.05. The summed E-state index contributed by atoms with van der Waals surface area (Å²) in [7, 11) is 0. The van der Waals surface area contributed by atoms with Gasteiger partial charge in [0.15, 0.2) is 0 Å². The highest BCUT2D eigenvalue weighted by atomic mass is 19.3. The Hall–Kier alpha value is -1.23. The fourth-order valence-corrected chi connectivity index (χ4v) is 1.02. The van der Waals surface area contributed by atoms with Crippen molar-refractivity contribution in [2.24, 2.45) is 0 Å². The quantitative estimate of drug-likeness (QED) is 0.704. The molecule has 0 aliphatic heterocycles. The third-order valence-electron chi connectivity index (χ3n) is 1.68. The zero-order chi connectivity index (χ0) is 10.9. The van der Waals surface area contributed by atoms with Crippen molar-refractivity contribution < 1.29 is 13.5 Å². The Kier molecular flexibility index (Phi) is 5.62. The van der Waals surface area contributed by atoms with E-state index in [9.17, 15) is 8.78 Å². The number of alkyl halides is 2. The monoisotopic (exact) mass is 216 g/mol. The van der Waals surface area contributed by atoms with Gasteiger partial charge in [0.2, 0.25) is 5.88 Å². The number of ether oxygens (including phenoxy) is 1. The zero-order valence-electron chi connectivity index (χ0n) is 8.33. The van der Waals surface area contributed by atoms with Gasteiger partial charge in [-0.2, -0.15) is 0 Å². The normalized spacial score (nSPS) is 10.6. The standard InChI is InChI=1S/C10H14F2N2O/c11-9(12)8-13-5-3-7-15-10-4-1-2-6-14-10/h1-2,4,6,9,13H,3,5,7-8H2. The Morgan fingerprint density at radius 3 is 2.93 bits per heavy atom. The van der Waals surface area contributed by atoms with Crippen LogP contribution in [0.3, 0.4) is 0 Å². The van der Waals surface area contributed by atoms with Crippen LogP contribution in [-0.2, 0) is 0 Å². The van der Waals surface area contributed by atoms with Crippen LogP contribution in [0.4, 0.5) is 8.78 Å². The van der Waals surface area contributed by atoms with E-state index in [1.54, 1.807) is 18.3 Å². The SMILES string of the molecule is FC(F)CNCCCOc1ccccn1. The van der Waals surface area contributed by atoms with E-state index >= 15 is 0 Å². The van der Waals surface area contributed by atoms with Gasteiger partial charge in [0.1, 0.15) is 0 Å². The van der Waals surface area contributed by atoms with E-state index in [2.05, 4.69) is 10.3 Å². The van der Waals surface area contributed by atoms with Crippen molar-refractivity contribution in [3.8, 4) is 5.88 Å². The van der Waals surface area contributed by atoms with Crippen LogP contribution in [0.25, 0.3) is 0 Å². The molecule has 3 nitrogen and oxygen atoms in total. The molecule has 84 valence electrons. The van der Waals surface area contributed by atoms with Crippen LogP contribution >= 0.6 is 0 Å². The van der Waals surface area contributed by atoms with Gasteiger partial charge in [-0.05, 0) is 19.0 Å². The van der Waals surface area contributed by atoms with E-state index in [0.717, 1.165) is 0 Å². The average Bonchev–Trinajstić information content (AvgIpc) is 2.24. The first-order valence-corrected chi connectivity index (χ1v) is 4.82. The highest BCUT2D eigenvalue weighted by Crippen LogP contribution is 2.02. The minimum Gasteiger partial charge on any atom is -0.478 e. The lowest BCUT2D eigenvalue weighted by Crippen LogP contribution is -2.23. The summed E-state index contributed by atoms with van der Waals surface area (Å²) >= 11 is 0. The van der Waals surface area contributed by atoms with Crippen molar-refractivity contribution in [1.29, 1.82) is 0 Å². The molecule has 0 spiro atoms. The number of nitrogens with zero attached hydrogens (tertiary/aromatic N) is 1. The molecular weight excluding hydrogens is 202 g/mol. The molecule has 0 saturated heterocycles. The molecule has 0 aromatic carbocycles. The lowest BCUT2D eigenvalue weighted by molar-refractivity contribution is 0.145. The van der Waals surface area contributed by atoms with E-state index in [-0.39, 0.29) is 6.54 Å². The Bertz CT molecular complexity index is 257. The van der Waals surface area contributed by atoms with Crippen molar-refractivity contribution >= 4 is 0 Å². The number of halogens is 2. The van der Waals surface area contributed by atoms with Crippen LogP contribution in [-0.4, -0.2) is 31.1 Å². The third kappa shape index (κ3) is 5.96. The molecule has 0 atom stereocenters. The van der Waals surface area contributed by atoms with Crippen LogP contribution in [0.5, 0.6) is 5.88 Å². The van der Waals surface area contributed by atoms with E-state index in [1.807, 2.05) is 6.07 Å². The van der Waals surface area contributed by atoms with E-state index in [1.165, 1.54) is 0 Å². The van der Waals surface area contributed by atoms with Crippen LogP contribution < -0.4 is 10.1 Å². The van der Waals surface area contributed by atoms with Gasteiger partial charge >= 0.3 is 0 Å². The van der Waals surface area contributed by atoms with Gasteiger partial charge in [0.25, 0.3) is 6.43 Å². The first-order valence-electron chi connectivity index (χ1n) is 4.82. The fourth-order valence-electron chi connectivity index (χ4n) is 1.02. The predicted molar refractivity (Wildman–Crippen MR) is 53.2 cm³/mol. The molecule has 1 aromatic heterocycles. The van der Waals surface area contributed by atoms with Crippen molar-refractivity contribution in [3.05, 3.63) is 24.4 Å². The Morgan fingerprint density at radius 2 is 2.27 bits per heavy atom. The van der Waals surface area contributed by atoms with Gasteiger partial charge in [0, 0.05) is 12.3 Å². The summed E-state index contributed by atoms with van der Waals surface area (Å²) in [5.41, 5.74) is 0. The molecule has 15 heavy (non-hydrogen) atoms. The number of nitrogens with one attached hydrogen (secondary N) is 1. The first kappa shape index (κ1) is 11.8. The van der Waals surface area contributed by atoms with Crippen LogP contribution in [0.2, 0.25) is 0 Å². The number of pyridine rings is 1. The molecule has 0 aliphatic rings. The minimum atomic E-state index is -2.29. The molecule has 0 bridgehead atoms. The summed E-state index contributed by atoms with van der Waals surface area (Å²) in [6, 6.07) is 5.39. The van der Waals surface area contributed by atoms with Gasteiger partial charge in [-0.1, -0.05) is 6.07 Å². The highest BCUT2D eigenvalue weighted by molar-refractivity contribution is 5.08. The molecule has 0 fully saturated rings. The van der Waals surface area contributed by atoms with Gasteiger partial charge in [-0.25, -0.2) is 13.8 Å². The molecular formula is C10H14F2N2O. The summed E-state index contributed by atoms with van der Waals surface area (Å²) in [6.45, 7) is 0.744. The number of hydrogen-bond donors (Lipinski definition) is 1. The molecule has 0 unspecified atom stereocenters. The maximum absolute atomic E-state index is 11.7. The molecule has 0 amide bonds. The maximum atomic E-state index is 11.7. The Labute approximate surface area is 87.5 Å². The van der Waals surface area contributed by atoms with Gasteiger partial charge in [-0.3, -0.25) is 0 Å². The minimum absolute atomic E-state index is 0.260. The van der Waals surface area contributed by atoms with Crippen molar-refractivity contribution in [2.45, 2.75) is 12.8 Å². The Balaban J connectivity index is 1.98. The van der Waals surface area contributed by atoms with Gasteiger partial charge in [0.05, 0.1) is 13.2 Å². The number of rotatable bonds is 7. The predicted octanol–water partition coefficient (Wildman–Crippen LogP) is 1.71. The average molecular weight is 216 g/mol. The van der Waals surface area contributed by atoms with Crippen LogP contribution in [0.1, 0.15) is 6.42 Å². The second kappa shape index (κ2) is 7.11. The zero-order valence-corrected chi connectivity index (χ0v) is 8.33. The second-order valence-corrected chi connectivity index (χ2v) is 2.97. The summed E-state index contributed by atoms with van der Waals surface area (Å²) in [5, 5.41) is 2.62. The smallest absolute Gasteiger partial charge is 0.250 e. The Morgan fingerprint density at radius 1 is 1.40 bits per heavy atom. The lowest BCUT2D eigenvalue weighted by atomic mass is 10.4. The first-order chi connectivity index (χ1) is 7.29. The van der Waals surface area contributed by atoms with Gasteiger partial charge < -0.3 is 10.1 Å². The van der Waals surface area contributed by atoms with E-state index in [0.29, 0.717) is 25.5 Å². The molecule has 1 aromatic rings. The van der Waals surface area contributed by atoms with Crippen molar-refractivity contribution in [3.63, 3.8) is 0 Å². The largest absolute Gasteiger partial charge is 0.478 e. The molecule has 1 heterocycles. The summed E-state index contributed by atoms with van der Waals surface area (Å²) in [4.78, 5) is 3.96. The topological polar surface area (TPSA) is 34.1 Å². The van der Waals surface area contributed by atoms with Gasteiger partial charge in [-0.15, -0.1) is 0 Å². The second-order valence-electron chi connectivity index (χ2n) is 2.97. The summed E-state index contributed by atoms with van der Waals surface area (Å²) in [5.74, 6) is 0.561. The summed E-state index contributed by atoms with van der Waals surface area (Å²) in [6.07, 6.45) is 0.0370. The highest BCUT2D eigenvalue weighted by Gasteiger charge is 1.99. The molecule has 1 N–H and O–H groups in total. The molecule has 1 rings (SSSR count). The molecule has 0 radical (unpaired) electrons.